The molecule has 0 unspecified atom stereocenters. The van der Waals surface area contributed by atoms with Gasteiger partial charge < -0.3 is 57.1 Å². The number of halogens is 1. The van der Waals surface area contributed by atoms with Crippen molar-refractivity contribution < 1.29 is 125 Å². The summed E-state index contributed by atoms with van der Waals surface area (Å²) < 4.78 is 0. The second-order valence-electron chi connectivity index (χ2n) is 7.79. The second kappa shape index (κ2) is 53.4. The molecule has 0 heterocycles. The molecule has 0 saturated carbocycles. The monoisotopic (exact) mass is 1510 g/mol. The fraction of sp³-hybridized carbons (Fsp3) is 0.400. The average molecular weight is 1510 g/mol. The van der Waals surface area contributed by atoms with Gasteiger partial charge in [-0.1, -0.05) is 16.6 Å². The summed E-state index contributed by atoms with van der Waals surface area (Å²) in [5.41, 5.74) is 9.95. The minimum Gasteiger partial charge on any atom is -0.503 e. The zero-order valence-electron chi connectivity index (χ0n) is 25.8. The first-order chi connectivity index (χ1) is 17.8. The molecule has 0 bridgehead atoms. The first-order valence-electron chi connectivity index (χ1n) is 10.9. The number of nitriles is 1. The van der Waals surface area contributed by atoms with Crippen LogP contribution in [0.5, 0.6) is 0 Å². The number of amides is 1. The van der Waals surface area contributed by atoms with Crippen LogP contribution < -0.4 is 11.5 Å². The number of rotatable bonds is 14. The third-order valence-corrected chi connectivity index (χ3v) is 3.16. The normalized spacial score (nSPS) is 8.16. The molecule has 0 atom stereocenters. The Kier molecular flexibility index (Phi) is 86.1. The summed E-state index contributed by atoms with van der Waals surface area (Å²) >= 11 is 9.55. The third kappa shape index (κ3) is 122. The minimum atomic E-state index is -0.902. The maximum atomic E-state index is 10.0. The summed E-state index contributed by atoms with van der Waals surface area (Å²) in [6.45, 7) is 2.75. The molecule has 0 aliphatic rings. The number of carboxylic acid groups (broad SMARTS) is 1. The Bertz CT molecular complexity index is 593. The summed E-state index contributed by atoms with van der Waals surface area (Å²) in [6, 6.07) is 1.89. The van der Waals surface area contributed by atoms with E-state index >= 15 is 0 Å². The molecule has 19 heteroatoms. The van der Waals surface area contributed by atoms with Crippen molar-refractivity contribution in [3.63, 3.8) is 0 Å². The topological polar surface area (TPSA) is 163 Å². The van der Waals surface area contributed by atoms with Crippen molar-refractivity contribution in [2.75, 3.05) is 68.0 Å². The van der Waals surface area contributed by atoms with Gasteiger partial charge in [-0.15, -0.1) is 51.0 Å². The number of primary amides is 1. The van der Waals surface area contributed by atoms with Crippen molar-refractivity contribution in [2.24, 2.45) is 11.5 Å². The van der Waals surface area contributed by atoms with E-state index in [1.807, 2.05) is 20.2 Å². The van der Waals surface area contributed by atoms with E-state index < -0.39 is 17.1 Å². The van der Waals surface area contributed by atoms with Crippen molar-refractivity contribution >= 4 is 45.9 Å². The van der Waals surface area contributed by atoms with Crippen LogP contribution in [0.4, 0.5) is 0 Å². The number of carbonyl (C=O) groups is 3. The van der Waals surface area contributed by atoms with Gasteiger partial charge in [0.15, 0.2) is 5.97 Å². The Morgan fingerprint density at radius 2 is 1.00 bits per heavy atom. The van der Waals surface area contributed by atoms with Crippen LogP contribution >= 0.6 is 23.8 Å². The molecular formula is C25H45ClN8O4SW5. The van der Waals surface area contributed by atoms with E-state index in [-0.39, 0.29) is 105 Å². The van der Waals surface area contributed by atoms with Gasteiger partial charge in [-0.05, 0) is 35.2 Å². The van der Waals surface area contributed by atoms with Crippen LogP contribution in [-0.2, 0) is 120 Å². The van der Waals surface area contributed by atoms with Gasteiger partial charge in [0.05, 0.1) is 11.1 Å². The van der Waals surface area contributed by atoms with E-state index in [2.05, 4.69) is 47.5 Å². The maximum Gasteiger partial charge on any atom is 2.00 e. The fourth-order valence-corrected chi connectivity index (χ4v) is 1.29. The number of nitrogens with zero attached hydrogens (tertiary/aromatic N) is 6. The van der Waals surface area contributed by atoms with Crippen molar-refractivity contribution in [3.8, 4) is 6.07 Å². The molecule has 252 valence electrons. The quantitative estimate of drug-likeness (QED) is 0.127. The van der Waals surface area contributed by atoms with Crippen LogP contribution in [0.25, 0.3) is 0 Å². The van der Waals surface area contributed by atoms with E-state index in [0.29, 0.717) is 31.2 Å². The number of carboxylic acids is 1. The van der Waals surface area contributed by atoms with Crippen LogP contribution in [0.1, 0.15) is 0 Å². The number of carbonyl (C=O) groups excluding carboxylic acids is 2. The molecule has 0 aromatic heterocycles. The fourth-order valence-electron chi connectivity index (χ4n) is 1.15. The molecule has 0 radical (unpaired) electrons. The largest absolute Gasteiger partial charge is 2.00 e. The van der Waals surface area contributed by atoms with Gasteiger partial charge in [0.1, 0.15) is 0 Å². The predicted octanol–water partition coefficient (Wildman–Crippen LogP) is 0.703. The number of aliphatic carboxylic acids is 1. The van der Waals surface area contributed by atoms with Gasteiger partial charge in [-0.25, -0.2) is 5.26 Å². The molecule has 0 fully saturated rings. The third-order valence-electron chi connectivity index (χ3n) is 2.84. The van der Waals surface area contributed by atoms with Gasteiger partial charge in [0.25, 0.3) is 0 Å². The Labute approximate surface area is 349 Å². The molecule has 0 aromatic carbocycles. The van der Waals surface area contributed by atoms with E-state index in [0.717, 1.165) is 13.0 Å². The van der Waals surface area contributed by atoms with Gasteiger partial charge in [0.2, 0.25) is 0 Å². The second-order valence-corrected chi connectivity index (χ2v) is 8.63. The zero-order valence-corrected chi connectivity index (χ0v) is 42.0. The Morgan fingerprint density at radius 3 is 1.11 bits per heavy atom. The first kappa shape index (κ1) is 71.0. The summed E-state index contributed by atoms with van der Waals surface area (Å²) in [7, 11) is 26.5. The Balaban J connectivity index is -0.0000000399. The van der Waals surface area contributed by atoms with Crippen molar-refractivity contribution in [2.45, 2.75) is 0 Å². The van der Waals surface area contributed by atoms with E-state index in [4.69, 9.17) is 33.4 Å². The maximum absolute atomic E-state index is 10.0. The molecule has 0 aromatic rings. The molecule has 0 saturated heterocycles. The summed E-state index contributed by atoms with van der Waals surface area (Å²) in [5, 5.41) is 15.6. The number of hydrogen-bond acceptors (Lipinski definition) is 10. The summed E-state index contributed by atoms with van der Waals surface area (Å²) in [6.07, 6.45) is 7.10. The summed E-state index contributed by atoms with van der Waals surface area (Å²) in [5.74, 6) is -1.30. The zero-order chi connectivity index (χ0) is 32.0. The molecule has 5 N–H and O–H groups in total. The number of nitrogens with two attached hydrogens (primary N) is 2. The molecule has 0 rings (SSSR count). The molecule has 0 aliphatic carbocycles. The van der Waals surface area contributed by atoms with Crippen LogP contribution in [0, 0.1) is 78.7 Å². The van der Waals surface area contributed by atoms with Crippen LogP contribution in [0.15, 0.2) is 0 Å². The van der Waals surface area contributed by atoms with Gasteiger partial charge in [-0.2, -0.15) is 0 Å². The smallest absolute Gasteiger partial charge is 0.503 e. The van der Waals surface area contributed by atoms with Gasteiger partial charge in [0, 0.05) is 0 Å². The Hall–Kier alpha value is 0.872. The van der Waals surface area contributed by atoms with Crippen molar-refractivity contribution in [1.82, 2.24) is 24.5 Å². The molecule has 1 amide bonds. The average Bonchev–Trinajstić information content (AvgIpc) is 2.79. The summed E-state index contributed by atoms with van der Waals surface area (Å²) in [4.78, 5) is 38.4. The molecule has 0 aliphatic heterocycles. The van der Waals surface area contributed by atoms with E-state index in [9.17, 15) is 14.4 Å². The standard InChI is InChI=1S/C5H8ClNO.C5H10N2O.C5H10N2S.C5H8N2.C5H9NO2.5W/c3*1-7(2)4-3-5(6)8;1-7(2)5-3-4-6;1-6(2)4-3-5(7)8;;;;;/h3H,1,4H2,2H3;2*3H,1,4H2,2H3,(H2,6,8);3H,1,5H2,2H3;3H,1,4H2,2H3,(H,7,8);;;;;/q5*-2;5*+2. The molecule has 44 heavy (non-hydrogen) atoms. The first-order valence-corrected chi connectivity index (χ1v) is 11.7. The van der Waals surface area contributed by atoms with Gasteiger partial charge >= 0.3 is 105 Å². The number of thiocarbonyl (C=S) groups is 1. The predicted molar refractivity (Wildman–Crippen MR) is 162 cm³/mol. The molecular weight excluding hydrogens is 1460 g/mol. The van der Waals surface area contributed by atoms with Crippen molar-refractivity contribution in [1.29, 1.82) is 5.26 Å². The van der Waals surface area contributed by atoms with Crippen LogP contribution in [-0.4, -0.2) is 120 Å². The SMILES string of the molecule is [CH2-]N(C)C[CH-]C#N.[CH2-]N(C)C[CH-]C(=O)Cl.[CH2-]N(C)C[CH-]C(=O)O.[CH2-]N(C)C[CH-]C(N)=O.[CH2-]N(C)C[CH-]C(N)=S.[W+2].[W+2].[W+2].[W+2].[W+2]. The van der Waals surface area contributed by atoms with Crippen LogP contribution in [0.3, 0.4) is 0 Å². The molecule has 0 spiro atoms. The van der Waals surface area contributed by atoms with E-state index in [1.165, 1.54) is 24.2 Å². The van der Waals surface area contributed by atoms with Crippen LogP contribution in [0.2, 0.25) is 0 Å². The minimum absolute atomic E-state index is 0. The Morgan fingerprint density at radius 1 is 0.705 bits per heavy atom. The van der Waals surface area contributed by atoms with Gasteiger partial charge in [-0.3, -0.25) is 65.7 Å². The van der Waals surface area contributed by atoms with E-state index in [1.54, 1.807) is 47.2 Å². The van der Waals surface area contributed by atoms with Crippen molar-refractivity contribution in [3.05, 3.63) is 67.3 Å². The molecule has 12 nitrogen and oxygen atoms in total. The number of hydrogen-bond donors (Lipinski definition) is 3.